The lowest BCUT2D eigenvalue weighted by atomic mass is 10.4. The molecule has 0 aliphatic carbocycles. The molecule has 0 aliphatic rings. The zero-order valence-corrected chi connectivity index (χ0v) is 8.18. The van der Waals surface area contributed by atoms with Crippen LogP contribution in [0.5, 0.6) is 0 Å². The van der Waals surface area contributed by atoms with Gasteiger partial charge in [-0.3, -0.25) is 4.68 Å². The zero-order chi connectivity index (χ0) is 10.1. The molecule has 6 nitrogen and oxygen atoms in total. The Balaban J connectivity index is 2.27. The van der Waals surface area contributed by atoms with Crippen molar-refractivity contribution in [2.45, 2.75) is 13.5 Å². The molecule has 0 amide bonds. The fourth-order valence-electron chi connectivity index (χ4n) is 1.22. The molecule has 0 spiro atoms. The molecule has 0 atom stereocenters. The Kier molecular flexibility index (Phi) is 1.95. The quantitative estimate of drug-likeness (QED) is 0.724. The molecular weight excluding hydrogens is 180 g/mol. The van der Waals surface area contributed by atoms with Crippen molar-refractivity contribution in [3.63, 3.8) is 0 Å². The maximum atomic E-state index is 5.82. The third-order valence-corrected chi connectivity index (χ3v) is 2.19. The topological polar surface area (TPSA) is 74.5 Å². The smallest absolute Gasteiger partial charge is 0.125 e. The zero-order valence-electron chi connectivity index (χ0n) is 8.18. The summed E-state index contributed by atoms with van der Waals surface area (Å²) < 4.78 is 3.43. The number of anilines is 1. The Morgan fingerprint density at radius 2 is 2.21 bits per heavy atom. The molecule has 0 unspecified atom stereocenters. The van der Waals surface area contributed by atoms with Gasteiger partial charge in [0.1, 0.15) is 5.82 Å². The molecule has 2 rings (SSSR count). The van der Waals surface area contributed by atoms with Gasteiger partial charge in [0.15, 0.2) is 0 Å². The van der Waals surface area contributed by atoms with E-state index in [0.29, 0.717) is 12.4 Å². The number of aryl methyl sites for hydroxylation is 2. The summed E-state index contributed by atoms with van der Waals surface area (Å²) in [6.45, 7) is 2.53. The van der Waals surface area contributed by atoms with Gasteiger partial charge >= 0.3 is 0 Å². The summed E-state index contributed by atoms with van der Waals surface area (Å²) in [5.74, 6) is 0.686. The first-order valence-electron chi connectivity index (χ1n) is 4.30. The average molecular weight is 192 g/mol. The largest absolute Gasteiger partial charge is 0.384 e. The first-order chi connectivity index (χ1) is 6.68. The molecule has 2 N–H and O–H groups in total. The lowest BCUT2D eigenvalue weighted by Gasteiger charge is -2.03. The van der Waals surface area contributed by atoms with Gasteiger partial charge < -0.3 is 5.73 Å². The monoisotopic (exact) mass is 192 g/mol. The van der Waals surface area contributed by atoms with E-state index in [0.717, 1.165) is 11.3 Å². The first-order valence-corrected chi connectivity index (χ1v) is 4.30. The van der Waals surface area contributed by atoms with E-state index in [1.54, 1.807) is 21.8 Å². The fourth-order valence-corrected chi connectivity index (χ4v) is 1.22. The summed E-state index contributed by atoms with van der Waals surface area (Å²) in [5.41, 5.74) is 7.78. The van der Waals surface area contributed by atoms with Crippen LogP contribution < -0.4 is 5.73 Å². The molecule has 0 radical (unpaired) electrons. The highest BCUT2D eigenvalue weighted by molar-refractivity contribution is 5.37. The van der Waals surface area contributed by atoms with Crippen LogP contribution >= 0.6 is 0 Å². The van der Waals surface area contributed by atoms with E-state index in [9.17, 15) is 0 Å². The molecule has 0 saturated carbocycles. The number of nitrogens with two attached hydrogens (primary N) is 1. The van der Waals surface area contributed by atoms with Gasteiger partial charge in [-0.05, 0) is 6.92 Å². The minimum Gasteiger partial charge on any atom is -0.384 e. The molecule has 0 aliphatic heterocycles. The predicted molar refractivity (Wildman–Crippen MR) is 51.5 cm³/mol. The Morgan fingerprint density at radius 1 is 1.43 bits per heavy atom. The standard InChI is InChI=1S/C8H12N6/c1-6-3-11-14(8(6)9)5-7-4-10-12-13(7)2/h3-4H,5,9H2,1-2H3. The Hall–Kier alpha value is -1.85. The van der Waals surface area contributed by atoms with Gasteiger partial charge in [0.25, 0.3) is 0 Å². The van der Waals surface area contributed by atoms with Crippen LogP contribution in [-0.2, 0) is 13.6 Å². The van der Waals surface area contributed by atoms with Gasteiger partial charge in [-0.15, -0.1) is 5.10 Å². The molecule has 0 fully saturated rings. The van der Waals surface area contributed by atoms with Gasteiger partial charge in [0, 0.05) is 12.6 Å². The first kappa shape index (κ1) is 8.74. The van der Waals surface area contributed by atoms with Crippen LogP contribution in [0.1, 0.15) is 11.3 Å². The van der Waals surface area contributed by atoms with Gasteiger partial charge in [0.05, 0.1) is 24.6 Å². The van der Waals surface area contributed by atoms with Gasteiger partial charge in [-0.2, -0.15) is 5.10 Å². The summed E-state index contributed by atoms with van der Waals surface area (Å²) in [6.07, 6.45) is 3.45. The van der Waals surface area contributed by atoms with Gasteiger partial charge in [-0.25, -0.2) is 4.68 Å². The highest BCUT2D eigenvalue weighted by atomic mass is 15.4. The molecule has 0 saturated heterocycles. The van der Waals surface area contributed by atoms with Crippen LogP contribution in [0.2, 0.25) is 0 Å². The van der Waals surface area contributed by atoms with Crippen molar-refractivity contribution in [3.8, 4) is 0 Å². The maximum Gasteiger partial charge on any atom is 0.125 e. The Bertz CT molecular complexity index is 440. The van der Waals surface area contributed by atoms with Crippen LogP contribution in [0.4, 0.5) is 5.82 Å². The highest BCUT2D eigenvalue weighted by Crippen LogP contribution is 2.10. The minimum absolute atomic E-state index is 0.600. The van der Waals surface area contributed by atoms with E-state index in [4.69, 9.17) is 5.73 Å². The second-order valence-corrected chi connectivity index (χ2v) is 3.22. The molecule has 0 bridgehead atoms. The van der Waals surface area contributed by atoms with Crippen molar-refractivity contribution < 1.29 is 0 Å². The van der Waals surface area contributed by atoms with Crippen LogP contribution in [0.25, 0.3) is 0 Å². The molecular formula is C8H12N6. The highest BCUT2D eigenvalue weighted by Gasteiger charge is 2.06. The van der Waals surface area contributed by atoms with E-state index in [1.807, 2.05) is 14.0 Å². The molecule has 6 heteroatoms. The Morgan fingerprint density at radius 3 is 2.71 bits per heavy atom. The maximum absolute atomic E-state index is 5.82. The van der Waals surface area contributed by atoms with Crippen molar-refractivity contribution in [2.75, 3.05) is 5.73 Å². The summed E-state index contributed by atoms with van der Waals surface area (Å²) in [5, 5.41) is 11.8. The lowest BCUT2D eigenvalue weighted by molar-refractivity contribution is 0.616. The van der Waals surface area contributed by atoms with Crippen molar-refractivity contribution >= 4 is 5.82 Å². The summed E-state index contributed by atoms with van der Waals surface area (Å²) in [6, 6.07) is 0. The van der Waals surface area contributed by atoms with Crippen LogP contribution in [0, 0.1) is 6.92 Å². The molecule has 0 aromatic carbocycles. The number of hydrogen-bond acceptors (Lipinski definition) is 4. The third-order valence-electron chi connectivity index (χ3n) is 2.19. The van der Waals surface area contributed by atoms with Gasteiger partial charge in [0.2, 0.25) is 0 Å². The fraction of sp³-hybridized carbons (Fsp3) is 0.375. The second-order valence-electron chi connectivity index (χ2n) is 3.22. The average Bonchev–Trinajstić information content (AvgIpc) is 2.68. The third kappa shape index (κ3) is 1.34. The normalized spacial score (nSPS) is 10.7. The van der Waals surface area contributed by atoms with E-state index >= 15 is 0 Å². The van der Waals surface area contributed by atoms with Gasteiger partial charge in [-0.1, -0.05) is 5.21 Å². The number of rotatable bonds is 2. The molecule has 2 aromatic heterocycles. The number of nitrogens with zero attached hydrogens (tertiary/aromatic N) is 5. The molecule has 74 valence electrons. The molecule has 14 heavy (non-hydrogen) atoms. The molecule has 2 heterocycles. The van der Waals surface area contributed by atoms with Crippen molar-refractivity contribution in [1.29, 1.82) is 0 Å². The summed E-state index contributed by atoms with van der Waals surface area (Å²) >= 11 is 0. The van der Waals surface area contributed by atoms with E-state index in [2.05, 4.69) is 15.4 Å². The lowest BCUT2D eigenvalue weighted by Crippen LogP contribution is -2.09. The SMILES string of the molecule is Cc1cnn(Cc2cnnn2C)c1N. The number of hydrogen-bond donors (Lipinski definition) is 1. The predicted octanol–water partition coefficient (Wildman–Crippen LogP) is -0.0495. The van der Waals surface area contributed by atoms with E-state index in [-0.39, 0.29) is 0 Å². The van der Waals surface area contributed by atoms with Crippen LogP contribution in [0.15, 0.2) is 12.4 Å². The summed E-state index contributed by atoms with van der Waals surface area (Å²) in [4.78, 5) is 0. The van der Waals surface area contributed by atoms with Crippen molar-refractivity contribution in [3.05, 3.63) is 23.7 Å². The second kappa shape index (κ2) is 3.13. The summed E-state index contributed by atoms with van der Waals surface area (Å²) in [7, 11) is 1.84. The van der Waals surface area contributed by atoms with Crippen molar-refractivity contribution in [1.82, 2.24) is 24.8 Å². The minimum atomic E-state index is 0.600. The van der Waals surface area contributed by atoms with E-state index < -0.39 is 0 Å². The van der Waals surface area contributed by atoms with Crippen LogP contribution in [-0.4, -0.2) is 24.8 Å². The van der Waals surface area contributed by atoms with Crippen LogP contribution in [0.3, 0.4) is 0 Å². The molecule has 2 aromatic rings. The number of aromatic nitrogens is 5. The van der Waals surface area contributed by atoms with E-state index in [1.165, 1.54) is 0 Å². The van der Waals surface area contributed by atoms with Crippen molar-refractivity contribution in [2.24, 2.45) is 7.05 Å². The Labute approximate surface area is 81.3 Å². The number of nitrogen functional groups attached to an aromatic ring is 1.